The van der Waals surface area contributed by atoms with E-state index >= 15 is 0 Å². The second kappa shape index (κ2) is 5.85. The molecule has 1 amide bonds. The van der Waals surface area contributed by atoms with Crippen LogP contribution in [-0.4, -0.2) is 5.91 Å². The Balaban J connectivity index is 2.30. The molecule has 0 saturated heterocycles. The van der Waals surface area contributed by atoms with Crippen LogP contribution in [0.25, 0.3) is 0 Å². The fourth-order valence-electron chi connectivity index (χ4n) is 1.86. The number of nitrogens with one attached hydrogen (secondary N) is 1. The van der Waals surface area contributed by atoms with Gasteiger partial charge in [-0.1, -0.05) is 33.6 Å². The van der Waals surface area contributed by atoms with E-state index in [1.807, 2.05) is 26.0 Å². The number of benzene rings is 2. The van der Waals surface area contributed by atoms with Crippen molar-refractivity contribution in [3.8, 4) is 0 Å². The van der Waals surface area contributed by atoms with E-state index < -0.39 is 0 Å². The second-order valence-electron chi connectivity index (χ2n) is 4.61. The third kappa shape index (κ3) is 3.14. The molecule has 0 fully saturated rings. The Morgan fingerprint density at radius 3 is 2.50 bits per heavy atom. The molecule has 2 rings (SSSR count). The van der Waals surface area contributed by atoms with E-state index in [0.29, 0.717) is 22.0 Å². The smallest absolute Gasteiger partial charge is 0.255 e. The molecular weight excluding hydrogens is 340 g/mol. The van der Waals surface area contributed by atoms with Crippen LogP contribution < -0.4 is 11.1 Å². The van der Waals surface area contributed by atoms with Gasteiger partial charge in [0.15, 0.2) is 0 Å². The van der Waals surface area contributed by atoms with E-state index in [1.54, 1.807) is 18.2 Å². The summed E-state index contributed by atoms with van der Waals surface area (Å²) in [6, 6.07) is 8.85. The number of rotatable bonds is 2. The van der Waals surface area contributed by atoms with Crippen LogP contribution in [0.1, 0.15) is 21.5 Å². The zero-order chi connectivity index (χ0) is 14.9. The van der Waals surface area contributed by atoms with Crippen LogP contribution in [0.4, 0.5) is 11.4 Å². The van der Waals surface area contributed by atoms with Crippen LogP contribution in [0.5, 0.6) is 0 Å². The number of carbonyl (C=O) groups excluding carboxylic acids is 1. The van der Waals surface area contributed by atoms with Crippen molar-refractivity contribution in [2.45, 2.75) is 13.8 Å². The highest BCUT2D eigenvalue weighted by Crippen LogP contribution is 2.28. The maximum absolute atomic E-state index is 12.2. The van der Waals surface area contributed by atoms with Crippen LogP contribution in [-0.2, 0) is 0 Å². The quantitative estimate of drug-likeness (QED) is 0.778. The molecule has 0 aliphatic carbocycles. The Hall–Kier alpha value is -1.52. The van der Waals surface area contributed by atoms with Gasteiger partial charge in [0.05, 0.1) is 11.4 Å². The van der Waals surface area contributed by atoms with Crippen molar-refractivity contribution in [1.29, 1.82) is 0 Å². The van der Waals surface area contributed by atoms with Gasteiger partial charge in [-0.05, 0) is 49.2 Å². The molecule has 0 radical (unpaired) electrons. The molecule has 0 bridgehead atoms. The van der Waals surface area contributed by atoms with Gasteiger partial charge in [-0.25, -0.2) is 0 Å². The van der Waals surface area contributed by atoms with Gasteiger partial charge in [0.2, 0.25) is 0 Å². The second-order valence-corrected chi connectivity index (χ2v) is 5.93. The third-order valence-electron chi connectivity index (χ3n) is 3.00. The lowest BCUT2D eigenvalue weighted by molar-refractivity contribution is 0.102. The highest BCUT2D eigenvalue weighted by Gasteiger charge is 2.12. The van der Waals surface area contributed by atoms with E-state index in [4.69, 9.17) is 17.3 Å². The van der Waals surface area contributed by atoms with E-state index in [9.17, 15) is 4.79 Å². The van der Waals surface area contributed by atoms with Crippen molar-refractivity contribution in [3.63, 3.8) is 0 Å². The molecule has 0 aromatic heterocycles. The van der Waals surface area contributed by atoms with Crippen molar-refractivity contribution >= 4 is 44.8 Å². The molecule has 2 aromatic carbocycles. The Morgan fingerprint density at radius 2 is 1.90 bits per heavy atom. The molecule has 0 heterocycles. The number of amides is 1. The summed E-state index contributed by atoms with van der Waals surface area (Å²) in [5, 5.41) is 3.39. The lowest BCUT2D eigenvalue weighted by Crippen LogP contribution is -2.14. The molecule has 104 valence electrons. The molecule has 0 aliphatic heterocycles. The Bertz CT molecular complexity index is 663. The lowest BCUT2D eigenvalue weighted by atomic mass is 10.1. The Kier molecular flexibility index (Phi) is 4.35. The van der Waals surface area contributed by atoms with Crippen LogP contribution in [0.3, 0.4) is 0 Å². The Morgan fingerprint density at radius 1 is 1.20 bits per heavy atom. The van der Waals surface area contributed by atoms with Gasteiger partial charge in [-0.15, -0.1) is 0 Å². The van der Waals surface area contributed by atoms with E-state index in [0.717, 1.165) is 15.6 Å². The van der Waals surface area contributed by atoms with Gasteiger partial charge in [-0.2, -0.15) is 0 Å². The van der Waals surface area contributed by atoms with Crippen molar-refractivity contribution in [3.05, 3.63) is 56.5 Å². The molecule has 0 aliphatic rings. The highest BCUT2D eigenvalue weighted by molar-refractivity contribution is 9.10. The fraction of sp³-hybridized carbons (Fsp3) is 0.133. The van der Waals surface area contributed by atoms with Crippen molar-refractivity contribution < 1.29 is 4.79 Å². The minimum Gasteiger partial charge on any atom is -0.397 e. The molecule has 3 nitrogen and oxygen atoms in total. The average Bonchev–Trinajstić information content (AvgIpc) is 2.36. The summed E-state index contributed by atoms with van der Waals surface area (Å²) >= 11 is 9.40. The predicted molar refractivity (Wildman–Crippen MR) is 87.4 cm³/mol. The number of aryl methyl sites for hydroxylation is 2. The van der Waals surface area contributed by atoms with Crippen LogP contribution >= 0.6 is 27.5 Å². The number of hydrogen-bond donors (Lipinski definition) is 2. The summed E-state index contributed by atoms with van der Waals surface area (Å²) in [5.41, 5.74) is 9.40. The van der Waals surface area contributed by atoms with Gasteiger partial charge < -0.3 is 11.1 Å². The van der Waals surface area contributed by atoms with Gasteiger partial charge in [0, 0.05) is 15.1 Å². The van der Waals surface area contributed by atoms with Crippen LogP contribution in [0.2, 0.25) is 5.02 Å². The molecular formula is C15H14BrClN2O. The van der Waals surface area contributed by atoms with Gasteiger partial charge >= 0.3 is 0 Å². The van der Waals surface area contributed by atoms with Crippen LogP contribution in [0, 0.1) is 13.8 Å². The molecule has 2 aromatic rings. The summed E-state index contributed by atoms with van der Waals surface area (Å²) in [5.74, 6) is -0.232. The van der Waals surface area contributed by atoms with E-state index in [-0.39, 0.29) is 5.91 Å². The number of anilines is 2. The topological polar surface area (TPSA) is 55.1 Å². The van der Waals surface area contributed by atoms with Crippen molar-refractivity contribution in [2.75, 3.05) is 11.1 Å². The number of nitrogen functional groups attached to an aromatic ring is 1. The van der Waals surface area contributed by atoms with Gasteiger partial charge in [-0.3, -0.25) is 4.79 Å². The first-order chi connectivity index (χ1) is 9.38. The average molecular weight is 354 g/mol. The van der Waals surface area contributed by atoms with Gasteiger partial charge in [0.25, 0.3) is 5.91 Å². The summed E-state index contributed by atoms with van der Waals surface area (Å²) in [6.45, 7) is 3.78. The van der Waals surface area contributed by atoms with Gasteiger partial charge in [0.1, 0.15) is 0 Å². The first-order valence-corrected chi connectivity index (χ1v) is 7.18. The standard InChI is InChI=1S/C15H14BrClN2O/c1-8-3-4-10(6-12(8)17)15(20)19-14-9(2)5-11(16)7-13(14)18/h3-7H,18H2,1-2H3,(H,19,20). The maximum Gasteiger partial charge on any atom is 0.255 e. The minimum atomic E-state index is -0.232. The van der Waals surface area contributed by atoms with Crippen molar-refractivity contribution in [1.82, 2.24) is 0 Å². The zero-order valence-corrected chi connectivity index (χ0v) is 13.5. The summed E-state index contributed by atoms with van der Waals surface area (Å²) in [6.07, 6.45) is 0. The third-order valence-corrected chi connectivity index (χ3v) is 3.87. The summed E-state index contributed by atoms with van der Waals surface area (Å²) in [4.78, 5) is 12.2. The molecule has 0 saturated carbocycles. The van der Waals surface area contributed by atoms with E-state index in [2.05, 4.69) is 21.2 Å². The monoisotopic (exact) mass is 352 g/mol. The number of carbonyl (C=O) groups is 1. The molecule has 0 unspecified atom stereocenters. The lowest BCUT2D eigenvalue weighted by Gasteiger charge is -2.12. The molecule has 5 heteroatoms. The molecule has 0 spiro atoms. The minimum absolute atomic E-state index is 0.232. The molecule has 3 N–H and O–H groups in total. The first kappa shape index (κ1) is 14.9. The predicted octanol–water partition coefficient (Wildman–Crippen LogP) is 4.55. The fourth-order valence-corrected chi connectivity index (χ4v) is 2.63. The van der Waals surface area contributed by atoms with Crippen LogP contribution in [0.15, 0.2) is 34.8 Å². The molecule has 0 atom stereocenters. The maximum atomic E-state index is 12.2. The molecule has 20 heavy (non-hydrogen) atoms. The normalized spacial score (nSPS) is 10.4. The zero-order valence-electron chi connectivity index (χ0n) is 11.1. The summed E-state index contributed by atoms with van der Waals surface area (Å²) in [7, 11) is 0. The van der Waals surface area contributed by atoms with E-state index in [1.165, 1.54) is 0 Å². The largest absolute Gasteiger partial charge is 0.397 e. The number of halogens is 2. The highest BCUT2D eigenvalue weighted by atomic mass is 79.9. The van der Waals surface area contributed by atoms with Crippen molar-refractivity contribution in [2.24, 2.45) is 0 Å². The Labute approximate surface area is 131 Å². The number of hydrogen-bond acceptors (Lipinski definition) is 2. The SMILES string of the molecule is Cc1ccc(C(=O)Nc2c(C)cc(Br)cc2N)cc1Cl. The number of nitrogens with two attached hydrogens (primary N) is 1. The first-order valence-electron chi connectivity index (χ1n) is 6.01. The summed E-state index contributed by atoms with van der Waals surface area (Å²) < 4.78 is 0.879.